The van der Waals surface area contributed by atoms with Crippen molar-refractivity contribution in [1.82, 2.24) is 0 Å². The highest BCUT2D eigenvalue weighted by atomic mass is 33.1. The summed E-state index contributed by atoms with van der Waals surface area (Å²) in [5.41, 5.74) is 1.39. The molecule has 2 aromatic carbocycles. The summed E-state index contributed by atoms with van der Waals surface area (Å²) in [6.45, 7) is 3.84. The van der Waals surface area contributed by atoms with Gasteiger partial charge in [0.1, 0.15) is 11.6 Å². The number of hydrogen-bond donors (Lipinski definition) is 0. The van der Waals surface area contributed by atoms with E-state index < -0.39 is 0 Å². The molecule has 0 amide bonds. The fourth-order valence-corrected chi connectivity index (χ4v) is 4.04. The lowest BCUT2D eigenvalue weighted by atomic mass is 10.2. The van der Waals surface area contributed by atoms with Gasteiger partial charge in [0, 0.05) is 0 Å². The van der Waals surface area contributed by atoms with E-state index in [1.54, 1.807) is 24.3 Å². The molecule has 0 saturated heterocycles. The van der Waals surface area contributed by atoms with Crippen LogP contribution in [0, 0.1) is 11.6 Å². The number of rotatable bonds is 5. The van der Waals surface area contributed by atoms with E-state index in [1.807, 2.05) is 26.0 Å². The summed E-state index contributed by atoms with van der Waals surface area (Å²) in [4.78, 5) is 1.10. The zero-order chi connectivity index (χ0) is 14.5. The molecule has 0 saturated carbocycles. The van der Waals surface area contributed by atoms with Crippen molar-refractivity contribution in [3.8, 4) is 0 Å². The van der Waals surface area contributed by atoms with Crippen LogP contribution in [0.1, 0.15) is 25.0 Å². The van der Waals surface area contributed by atoms with Crippen LogP contribution in [0.2, 0.25) is 0 Å². The summed E-state index contributed by atoms with van der Waals surface area (Å²) < 4.78 is 28.2. The Kier molecular flexibility index (Phi) is 5.49. The molecule has 20 heavy (non-hydrogen) atoms. The van der Waals surface area contributed by atoms with Crippen molar-refractivity contribution >= 4 is 21.6 Å². The van der Waals surface area contributed by atoms with Crippen LogP contribution in [0.15, 0.2) is 46.2 Å². The summed E-state index contributed by atoms with van der Waals surface area (Å²) in [5, 5.41) is 0. The third kappa shape index (κ3) is 3.36. The Labute approximate surface area is 126 Å². The van der Waals surface area contributed by atoms with Crippen molar-refractivity contribution in [1.29, 1.82) is 0 Å². The fraction of sp³-hybridized carbons (Fsp3) is 0.250. The van der Waals surface area contributed by atoms with Crippen LogP contribution in [-0.4, -0.2) is 0 Å². The first-order chi connectivity index (χ1) is 9.67. The first-order valence-corrected chi connectivity index (χ1v) is 8.71. The maximum absolute atomic E-state index is 14.1. The molecular formula is C16H16F2S2. The van der Waals surface area contributed by atoms with Crippen molar-refractivity contribution < 1.29 is 8.78 Å². The van der Waals surface area contributed by atoms with Crippen molar-refractivity contribution in [2.75, 3.05) is 0 Å². The molecule has 0 spiro atoms. The number of hydrogen-bond acceptors (Lipinski definition) is 2. The molecule has 0 aliphatic rings. The van der Waals surface area contributed by atoms with Crippen molar-refractivity contribution in [2.45, 2.75) is 36.5 Å². The Hall–Kier alpha value is -1.00. The molecule has 106 valence electrons. The van der Waals surface area contributed by atoms with Crippen molar-refractivity contribution in [3.05, 3.63) is 59.2 Å². The highest BCUT2D eigenvalue weighted by molar-refractivity contribution is 8.76. The van der Waals surface area contributed by atoms with E-state index in [2.05, 4.69) is 0 Å². The summed E-state index contributed by atoms with van der Waals surface area (Å²) in [7, 11) is 2.53. The molecular weight excluding hydrogens is 294 g/mol. The minimum absolute atomic E-state index is 0.195. The standard InChI is InChI=1S/C16H16F2S2/c1-3-11-7-5-9-13(15(11)17)19-20-14-10-6-8-12(4-2)16(14)18/h5-10H,3-4H2,1-2H3. The Morgan fingerprint density at radius 3 is 1.50 bits per heavy atom. The van der Waals surface area contributed by atoms with Gasteiger partial charge in [-0.15, -0.1) is 0 Å². The monoisotopic (exact) mass is 310 g/mol. The molecule has 0 radical (unpaired) electrons. The van der Waals surface area contributed by atoms with Crippen molar-refractivity contribution in [2.24, 2.45) is 0 Å². The topological polar surface area (TPSA) is 0 Å². The molecule has 0 unspecified atom stereocenters. The molecule has 0 nitrogen and oxygen atoms in total. The SMILES string of the molecule is CCc1cccc(SSc2cccc(CC)c2F)c1F. The van der Waals surface area contributed by atoms with E-state index in [4.69, 9.17) is 0 Å². The van der Waals surface area contributed by atoms with Gasteiger partial charge in [0.25, 0.3) is 0 Å². The quantitative estimate of drug-likeness (QED) is 0.632. The van der Waals surface area contributed by atoms with Gasteiger partial charge in [-0.2, -0.15) is 0 Å². The predicted octanol–water partition coefficient (Wildman–Crippen LogP) is 5.89. The summed E-state index contributed by atoms with van der Waals surface area (Å²) in [5.74, 6) is -0.390. The molecule has 2 rings (SSSR count). The lowest BCUT2D eigenvalue weighted by Crippen LogP contribution is -1.90. The first-order valence-electron chi connectivity index (χ1n) is 6.56. The van der Waals surface area contributed by atoms with Crippen LogP contribution in [0.4, 0.5) is 8.78 Å². The highest BCUT2D eigenvalue weighted by Gasteiger charge is 2.11. The highest BCUT2D eigenvalue weighted by Crippen LogP contribution is 2.40. The van der Waals surface area contributed by atoms with Gasteiger partial charge in [-0.05, 0) is 57.7 Å². The van der Waals surface area contributed by atoms with Crippen LogP contribution in [0.5, 0.6) is 0 Å². The minimum atomic E-state index is -0.195. The Balaban J connectivity index is 2.17. The Morgan fingerprint density at radius 2 is 1.15 bits per heavy atom. The van der Waals surface area contributed by atoms with E-state index in [1.165, 1.54) is 21.6 Å². The van der Waals surface area contributed by atoms with Crippen LogP contribution in [-0.2, 0) is 12.8 Å². The molecule has 0 heterocycles. The Morgan fingerprint density at radius 1 is 0.750 bits per heavy atom. The minimum Gasteiger partial charge on any atom is -0.205 e. The average molecular weight is 310 g/mol. The van der Waals surface area contributed by atoms with Gasteiger partial charge in [0.05, 0.1) is 9.79 Å². The normalized spacial score (nSPS) is 10.8. The van der Waals surface area contributed by atoms with E-state index >= 15 is 0 Å². The van der Waals surface area contributed by atoms with E-state index in [9.17, 15) is 8.78 Å². The molecule has 0 aliphatic heterocycles. The lowest BCUT2D eigenvalue weighted by molar-refractivity contribution is 0.586. The second kappa shape index (κ2) is 7.14. The van der Waals surface area contributed by atoms with Gasteiger partial charge in [-0.3, -0.25) is 0 Å². The van der Waals surface area contributed by atoms with Gasteiger partial charge >= 0.3 is 0 Å². The van der Waals surface area contributed by atoms with Crippen LogP contribution < -0.4 is 0 Å². The van der Waals surface area contributed by atoms with Crippen molar-refractivity contribution in [3.63, 3.8) is 0 Å². The van der Waals surface area contributed by atoms with Crippen LogP contribution >= 0.6 is 21.6 Å². The van der Waals surface area contributed by atoms with Gasteiger partial charge in [-0.1, -0.05) is 38.1 Å². The largest absolute Gasteiger partial charge is 0.205 e. The maximum Gasteiger partial charge on any atom is 0.140 e. The first kappa shape index (κ1) is 15.4. The summed E-state index contributed by atoms with van der Waals surface area (Å²) >= 11 is 0. The second-order valence-corrected chi connectivity index (χ2v) is 6.55. The predicted molar refractivity (Wildman–Crippen MR) is 83.3 cm³/mol. The fourth-order valence-electron chi connectivity index (χ4n) is 1.88. The molecule has 4 heteroatoms. The molecule has 0 N–H and O–H groups in total. The van der Waals surface area contributed by atoms with Gasteiger partial charge in [0.2, 0.25) is 0 Å². The smallest absolute Gasteiger partial charge is 0.140 e. The zero-order valence-electron chi connectivity index (χ0n) is 11.5. The molecule has 0 aliphatic carbocycles. The summed E-state index contributed by atoms with van der Waals surface area (Å²) in [6, 6.07) is 10.7. The molecule has 0 aromatic heterocycles. The molecule has 0 fully saturated rings. The third-order valence-electron chi connectivity index (χ3n) is 3.07. The molecule has 0 bridgehead atoms. The van der Waals surface area contributed by atoms with E-state index in [-0.39, 0.29) is 11.6 Å². The van der Waals surface area contributed by atoms with Gasteiger partial charge in [0.15, 0.2) is 0 Å². The molecule has 0 atom stereocenters. The number of halogens is 2. The maximum atomic E-state index is 14.1. The Bertz CT molecular complexity index is 544. The lowest BCUT2D eigenvalue weighted by Gasteiger charge is -2.08. The van der Waals surface area contributed by atoms with Gasteiger partial charge < -0.3 is 0 Å². The third-order valence-corrected chi connectivity index (χ3v) is 5.47. The number of benzene rings is 2. The van der Waals surface area contributed by atoms with Gasteiger partial charge in [-0.25, -0.2) is 8.78 Å². The van der Waals surface area contributed by atoms with Crippen LogP contribution in [0.25, 0.3) is 0 Å². The van der Waals surface area contributed by atoms with E-state index in [0.717, 1.165) is 0 Å². The molecule has 2 aromatic rings. The van der Waals surface area contributed by atoms with E-state index in [0.29, 0.717) is 33.8 Å². The summed E-state index contributed by atoms with van der Waals surface area (Å²) in [6.07, 6.45) is 1.31. The van der Waals surface area contributed by atoms with Crippen LogP contribution in [0.3, 0.4) is 0 Å². The average Bonchev–Trinajstić information content (AvgIpc) is 2.47. The second-order valence-electron chi connectivity index (χ2n) is 4.33. The zero-order valence-corrected chi connectivity index (χ0v) is 13.1. The number of aryl methyl sites for hydroxylation is 2.